The third-order valence-corrected chi connectivity index (χ3v) is 12.0. The van der Waals surface area contributed by atoms with Crippen LogP contribution in [0.25, 0.3) is 11.1 Å². The molecule has 0 radical (unpaired) electrons. The number of piperidine rings is 1. The first-order valence-corrected chi connectivity index (χ1v) is 19.8. The van der Waals surface area contributed by atoms with Crippen LogP contribution in [0.2, 0.25) is 0 Å². The van der Waals surface area contributed by atoms with Crippen LogP contribution in [0.4, 0.5) is 11.4 Å². The summed E-state index contributed by atoms with van der Waals surface area (Å²) in [6.07, 6.45) is 11.8. The fraction of sp³-hybridized carbons (Fsp3) is 0.432. The normalized spacial score (nSPS) is 21.1. The molecule has 8 rings (SSSR count). The molecule has 55 heavy (non-hydrogen) atoms. The van der Waals surface area contributed by atoms with Crippen LogP contribution in [-0.4, -0.2) is 67.6 Å². The van der Waals surface area contributed by atoms with E-state index in [1.165, 1.54) is 5.56 Å². The quantitative estimate of drug-likeness (QED) is 0.0967. The second-order valence-electron chi connectivity index (χ2n) is 16.0. The lowest BCUT2D eigenvalue weighted by Crippen LogP contribution is -2.44. The topological polar surface area (TPSA) is 157 Å². The molecule has 1 aliphatic heterocycles. The number of rotatable bonds is 13. The summed E-state index contributed by atoms with van der Waals surface area (Å²) in [6.45, 7) is 5.90. The Morgan fingerprint density at radius 2 is 1.31 bits per heavy atom. The lowest BCUT2D eigenvalue weighted by Gasteiger charge is -2.33. The van der Waals surface area contributed by atoms with Gasteiger partial charge in [-0.2, -0.15) is 0 Å². The van der Waals surface area contributed by atoms with E-state index in [2.05, 4.69) is 25.9 Å². The molecule has 0 bridgehead atoms. The highest BCUT2D eigenvalue weighted by atomic mass is 16.4. The molecule has 4 fully saturated rings. The van der Waals surface area contributed by atoms with Gasteiger partial charge in [-0.25, -0.2) is 0 Å². The van der Waals surface area contributed by atoms with E-state index in [0.717, 1.165) is 96.9 Å². The Labute approximate surface area is 322 Å². The van der Waals surface area contributed by atoms with Gasteiger partial charge in [0.2, 0.25) is 0 Å². The first kappa shape index (κ1) is 37.0. The van der Waals surface area contributed by atoms with Crippen LogP contribution in [-0.2, 0) is 17.9 Å². The van der Waals surface area contributed by atoms with Crippen LogP contribution in [0, 0.1) is 13.8 Å². The number of aliphatic hydroxyl groups is 1. The Bertz CT molecular complexity index is 2120. The van der Waals surface area contributed by atoms with Crippen molar-refractivity contribution in [2.24, 2.45) is 0 Å². The number of aliphatic carboxylic acids is 1. The van der Waals surface area contributed by atoms with Gasteiger partial charge in [-0.05, 0) is 152 Å². The molecule has 2 amide bonds. The standard InChI is InChI=1S/C44H50N6O5/c1-25-33(7-5-9-37(25)48-42(52)39-19-35(27-12-13-27)29(22-46-39)21-45-31-17-32(51)18-31)34-8-6-10-38(26(34)2)49-43(53)40-20-36(28-14-15-28)30(23-47-40)24-50-16-4-3-11-41(50)44(54)55/h5-10,19-20,22-23,27-28,31-32,41,45,51H,3-4,11-18,21,24H2,1-2H3,(H,48,52)(H,49,53)(H,54,55)/t31?,32?,41-/m0/s1. The second-order valence-corrected chi connectivity index (χ2v) is 16.0. The van der Waals surface area contributed by atoms with E-state index >= 15 is 0 Å². The fourth-order valence-corrected chi connectivity index (χ4v) is 8.26. The van der Waals surface area contributed by atoms with Crippen molar-refractivity contribution in [3.63, 3.8) is 0 Å². The second kappa shape index (κ2) is 15.6. The predicted molar refractivity (Wildman–Crippen MR) is 211 cm³/mol. The third-order valence-electron chi connectivity index (χ3n) is 12.0. The van der Waals surface area contributed by atoms with Crippen LogP contribution in [0.1, 0.15) is 124 Å². The number of nitrogens with one attached hydrogen (secondary N) is 3. The minimum Gasteiger partial charge on any atom is -0.480 e. The van der Waals surface area contributed by atoms with Crippen molar-refractivity contribution in [2.45, 2.75) is 115 Å². The molecule has 0 unspecified atom stereocenters. The molecule has 2 aromatic heterocycles. The molecule has 5 N–H and O–H groups in total. The summed E-state index contributed by atoms with van der Waals surface area (Å²) >= 11 is 0. The first-order valence-electron chi connectivity index (χ1n) is 19.8. The Morgan fingerprint density at radius 3 is 1.84 bits per heavy atom. The molecule has 4 aromatic rings. The Morgan fingerprint density at radius 1 is 0.764 bits per heavy atom. The number of hydrogen-bond donors (Lipinski definition) is 5. The number of carbonyl (C=O) groups excluding carboxylic acids is 2. The molecule has 11 heteroatoms. The van der Waals surface area contributed by atoms with Crippen LogP contribution < -0.4 is 16.0 Å². The molecule has 1 saturated heterocycles. The molecular weight excluding hydrogens is 693 g/mol. The zero-order valence-electron chi connectivity index (χ0n) is 31.6. The van der Waals surface area contributed by atoms with E-state index in [4.69, 9.17) is 0 Å². The number of aliphatic hydroxyl groups excluding tert-OH is 1. The zero-order valence-corrected chi connectivity index (χ0v) is 31.6. The molecule has 3 saturated carbocycles. The Balaban J connectivity index is 0.968. The van der Waals surface area contributed by atoms with Crippen molar-refractivity contribution >= 4 is 29.2 Å². The van der Waals surface area contributed by atoms with Crippen molar-refractivity contribution < 1.29 is 24.6 Å². The number of anilines is 2. The van der Waals surface area contributed by atoms with Gasteiger partial charge in [-0.3, -0.25) is 29.3 Å². The molecule has 11 nitrogen and oxygen atoms in total. The number of pyridine rings is 2. The molecular formula is C44H50N6O5. The SMILES string of the molecule is Cc1c(NC(=O)c2cc(C3CC3)c(CNC3CC(O)C3)cn2)cccc1-c1cccc(NC(=O)c2cc(C3CC3)c(CN3CCCC[C@H]3C(=O)O)cn2)c1C. The maximum absolute atomic E-state index is 13.7. The monoisotopic (exact) mass is 742 g/mol. The Kier molecular flexibility index (Phi) is 10.5. The molecule has 4 aliphatic rings. The fourth-order valence-electron chi connectivity index (χ4n) is 8.26. The summed E-state index contributed by atoms with van der Waals surface area (Å²) in [7, 11) is 0. The number of likely N-dealkylation sites (tertiary alicyclic amines) is 1. The van der Waals surface area contributed by atoms with Crippen LogP contribution in [0.5, 0.6) is 0 Å². The molecule has 3 aliphatic carbocycles. The van der Waals surface area contributed by atoms with Gasteiger partial charge in [0.1, 0.15) is 17.4 Å². The van der Waals surface area contributed by atoms with E-state index < -0.39 is 12.0 Å². The average Bonchev–Trinajstić information content (AvgIpc) is 4.10. The van der Waals surface area contributed by atoms with E-state index in [-0.39, 0.29) is 17.9 Å². The van der Waals surface area contributed by atoms with Crippen LogP contribution in [0.15, 0.2) is 60.9 Å². The molecule has 2 aromatic carbocycles. The van der Waals surface area contributed by atoms with E-state index in [0.29, 0.717) is 60.2 Å². The number of nitrogens with zero attached hydrogens (tertiary/aromatic N) is 3. The smallest absolute Gasteiger partial charge is 0.320 e. The summed E-state index contributed by atoms with van der Waals surface area (Å²) < 4.78 is 0. The first-order chi connectivity index (χ1) is 26.6. The minimum absolute atomic E-state index is 0.207. The molecule has 286 valence electrons. The van der Waals surface area contributed by atoms with Crippen LogP contribution >= 0.6 is 0 Å². The van der Waals surface area contributed by atoms with Crippen LogP contribution in [0.3, 0.4) is 0 Å². The number of amides is 2. The van der Waals surface area contributed by atoms with Gasteiger partial charge in [-0.15, -0.1) is 0 Å². The van der Waals surface area contributed by atoms with Crippen molar-refractivity contribution in [3.8, 4) is 11.1 Å². The summed E-state index contributed by atoms with van der Waals surface area (Å²) in [6, 6.07) is 15.3. The van der Waals surface area contributed by atoms with E-state index in [1.54, 1.807) is 6.20 Å². The summed E-state index contributed by atoms with van der Waals surface area (Å²) in [5.41, 5.74) is 10.1. The molecule has 3 heterocycles. The highest BCUT2D eigenvalue weighted by Crippen LogP contribution is 2.43. The van der Waals surface area contributed by atoms with Crippen molar-refractivity contribution in [1.29, 1.82) is 0 Å². The largest absolute Gasteiger partial charge is 0.480 e. The van der Waals surface area contributed by atoms with Gasteiger partial charge in [0, 0.05) is 42.9 Å². The van der Waals surface area contributed by atoms with Gasteiger partial charge in [0.05, 0.1) is 6.10 Å². The molecule has 0 spiro atoms. The number of carboxylic acids is 1. The van der Waals surface area contributed by atoms with Gasteiger partial charge < -0.3 is 26.2 Å². The number of carbonyl (C=O) groups is 3. The van der Waals surface area contributed by atoms with Gasteiger partial charge in [0.15, 0.2) is 0 Å². The van der Waals surface area contributed by atoms with Crippen molar-refractivity contribution in [3.05, 3.63) is 106 Å². The maximum Gasteiger partial charge on any atom is 0.320 e. The Hall–Kier alpha value is -4.97. The number of carboxylic acid groups (broad SMARTS) is 1. The van der Waals surface area contributed by atoms with Gasteiger partial charge >= 0.3 is 5.97 Å². The lowest BCUT2D eigenvalue weighted by atomic mass is 9.89. The van der Waals surface area contributed by atoms with E-state index in [9.17, 15) is 24.6 Å². The van der Waals surface area contributed by atoms with Crippen molar-refractivity contribution in [2.75, 3.05) is 17.2 Å². The van der Waals surface area contributed by atoms with Gasteiger partial charge in [0.25, 0.3) is 11.8 Å². The van der Waals surface area contributed by atoms with Crippen molar-refractivity contribution in [1.82, 2.24) is 20.2 Å². The zero-order chi connectivity index (χ0) is 38.2. The highest BCUT2D eigenvalue weighted by Gasteiger charge is 2.33. The third kappa shape index (κ3) is 8.20. The maximum atomic E-state index is 13.7. The van der Waals surface area contributed by atoms with Gasteiger partial charge in [-0.1, -0.05) is 30.7 Å². The van der Waals surface area contributed by atoms with E-state index in [1.807, 2.05) is 73.5 Å². The summed E-state index contributed by atoms with van der Waals surface area (Å²) in [5, 5.41) is 29.2. The lowest BCUT2D eigenvalue weighted by molar-refractivity contribution is -0.144. The minimum atomic E-state index is -0.780. The highest BCUT2D eigenvalue weighted by molar-refractivity contribution is 6.05. The number of hydrogen-bond acceptors (Lipinski definition) is 8. The summed E-state index contributed by atoms with van der Waals surface area (Å²) in [5.74, 6) is -0.521. The summed E-state index contributed by atoms with van der Waals surface area (Å²) in [4.78, 5) is 50.4. The predicted octanol–water partition coefficient (Wildman–Crippen LogP) is 7.07. The number of aromatic nitrogens is 2. The number of benzene rings is 2. The molecule has 1 atom stereocenters. The average molecular weight is 743 g/mol.